The van der Waals surface area contributed by atoms with E-state index < -0.39 is 0 Å². The van der Waals surface area contributed by atoms with Gasteiger partial charge in [0.15, 0.2) is 0 Å². The van der Waals surface area contributed by atoms with Crippen LogP contribution in [0.25, 0.3) is 0 Å². The summed E-state index contributed by atoms with van der Waals surface area (Å²) in [4.78, 5) is 13.7. The molecule has 0 saturated carbocycles. The number of para-hydroxylation sites is 1. The van der Waals surface area contributed by atoms with Crippen molar-refractivity contribution in [2.24, 2.45) is 0 Å². The van der Waals surface area contributed by atoms with Gasteiger partial charge in [0.05, 0.1) is 6.10 Å². The Morgan fingerprint density at radius 2 is 2.00 bits per heavy atom. The summed E-state index contributed by atoms with van der Waals surface area (Å²) in [6.45, 7) is 7.26. The lowest BCUT2D eigenvalue weighted by atomic mass is 9.99. The summed E-state index contributed by atoms with van der Waals surface area (Å²) in [5.41, 5.74) is 0.941. The SMILES string of the molecule is CCC(NC1CCN(C(=O)OC(C)C)CC1)c1ccccc1O. The van der Waals surface area contributed by atoms with Crippen LogP contribution in [-0.4, -0.2) is 41.3 Å². The van der Waals surface area contributed by atoms with Gasteiger partial charge in [0.1, 0.15) is 5.75 Å². The van der Waals surface area contributed by atoms with Crippen molar-refractivity contribution < 1.29 is 14.6 Å². The van der Waals surface area contributed by atoms with Crippen molar-refractivity contribution in [3.05, 3.63) is 29.8 Å². The summed E-state index contributed by atoms with van der Waals surface area (Å²) in [6, 6.07) is 7.96. The molecule has 1 aliphatic heterocycles. The highest BCUT2D eigenvalue weighted by molar-refractivity contribution is 5.67. The number of benzene rings is 1. The Morgan fingerprint density at radius 3 is 2.57 bits per heavy atom. The molecule has 0 aromatic heterocycles. The predicted molar refractivity (Wildman–Crippen MR) is 90.5 cm³/mol. The van der Waals surface area contributed by atoms with Gasteiger partial charge in [-0.2, -0.15) is 0 Å². The normalized spacial score (nSPS) is 17.3. The third-order valence-electron chi connectivity index (χ3n) is 4.25. The van der Waals surface area contributed by atoms with Gasteiger partial charge in [-0.25, -0.2) is 4.79 Å². The molecule has 5 nitrogen and oxygen atoms in total. The Bertz CT molecular complexity index is 511. The van der Waals surface area contributed by atoms with Crippen molar-refractivity contribution in [2.45, 2.75) is 58.2 Å². The fourth-order valence-corrected chi connectivity index (χ4v) is 3.00. The van der Waals surface area contributed by atoms with E-state index in [0.717, 1.165) is 24.8 Å². The highest BCUT2D eigenvalue weighted by Crippen LogP contribution is 2.27. The van der Waals surface area contributed by atoms with Crippen molar-refractivity contribution in [3.8, 4) is 5.75 Å². The first-order chi connectivity index (χ1) is 11.0. The average molecular weight is 320 g/mol. The Hall–Kier alpha value is -1.75. The topological polar surface area (TPSA) is 61.8 Å². The van der Waals surface area contributed by atoms with Crippen molar-refractivity contribution in [1.82, 2.24) is 10.2 Å². The van der Waals surface area contributed by atoms with E-state index in [1.54, 1.807) is 11.0 Å². The van der Waals surface area contributed by atoms with Crippen LogP contribution in [0, 0.1) is 0 Å². The molecule has 5 heteroatoms. The minimum absolute atomic E-state index is 0.0797. The maximum atomic E-state index is 11.9. The Morgan fingerprint density at radius 1 is 1.35 bits per heavy atom. The molecule has 1 atom stereocenters. The van der Waals surface area contributed by atoms with Crippen LogP contribution in [0.3, 0.4) is 0 Å². The zero-order valence-electron chi connectivity index (χ0n) is 14.3. The molecule has 1 saturated heterocycles. The molecular formula is C18H28N2O3. The summed E-state index contributed by atoms with van der Waals surface area (Å²) in [6.07, 6.45) is 2.41. The molecule has 1 aliphatic rings. The van der Waals surface area contributed by atoms with E-state index >= 15 is 0 Å². The van der Waals surface area contributed by atoms with Gasteiger partial charge in [-0.1, -0.05) is 25.1 Å². The summed E-state index contributed by atoms with van der Waals surface area (Å²) in [7, 11) is 0. The van der Waals surface area contributed by atoms with Gasteiger partial charge in [-0.05, 0) is 39.2 Å². The quantitative estimate of drug-likeness (QED) is 0.872. The fourth-order valence-electron chi connectivity index (χ4n) is 3.00. The third-order valence-corrected chi connectivity index (χ3v) is 4.25. The van der Waals surface area contributed by atoms with Crippen LogP contribution in [0.2, 0.25) is 0 Å². The zero-order chi connectivity index (χ0) is 16.8. The molecule has 1 aromatic rings. The first-order valence-electron chi connectivity index (χ1n) is 8.50. The van der Waals surface area contributed by atoms with E-state index in [0.29, 0.717) is 24.9 Å². The molecule has 1 heterocycles. The number of ether oxygens (including phenoxy) is 1. The monoisotopic (exact) mass is 320 g/mol. The summed E-state index contributed by atoms with van der Waals surface area (Å²) < 4.78 is 5.25. The van der Waals surface area contributed by atoms with Crippen molar-refractivity contribution in [3.63, 3.8) is 0 Å². The number of phenolic OH excluding ortho intramolecular Hbond substituents is 1. The molecule has 0 spiro atoms. The Labute approximate surface area is 138 Å². The lowest BCUT2D eigenvalue weighted by molar-refractivity contribution is 0.0672. The Kier molecular flexibility index (Phi) is 6.28. The van der Waals surface area contributed by atoms with Crippen LogP contribution in [0.4, 0.5) is 4.79 Å². The van der Waals surface area contributed by atoms with Gasteiger partial charge >= 0.3 is 6.09 Å². The van der Waals surface area contributed by atoms with Gasteiger partial charge in [0.2, 0.25) is 0 Å². The van der Waals surface area contributed by atoms with Gasteiger partial charge < -0.3 is 20.1 Å². The number of nitrogens with zero attached hydrogens (tertiary/aromatic N) is 1. The van der Waals surface area contributed by atoms with Gasteiger partial charge in [-0.15, -0.1) is 0 Å². The number of amides is 1. The molecule has 1 amide bonds. The van der Waals surface area contributed by atoms with Crippen LogP contribution >= 0.6 is 0 Å². The highest BCUT2D eigenvalue weighted by atomic mass is 16.6. The largest absolute Gasteiger partial charge is 0.508 e. The smallest absolute Gasteiger partial charge is 0.410 e. The number of carbonyl (C=O) groups is 1. The number of phenols is 1. The summed E-state index contributed by atoms with van der Waals surface area (Å²) in [5, 5.41) is 13.7. The number of nitrogens with one attached hydrogen (secondary N) is 1. The second-order valence-electron chi connectivity index (χ2n) is 6.38. The second-order valence-corrected chi connectivity index (χ2v) is 6.38. The summed E-state index contributed by atoms with van der Waals surface area (Å²) >= 11 is 0. The van der Waals surface area contributed by atoms with Gasteiger partial charge in [0.25, 0.3) is 0 Å². The van der Waals surface area contributed by atoms with Crippen molar-refractivity contribution >= 4 is 6.09 Å². The number of carbonyl (C=O) groups excluding carboxylic acids is 1. The van der Waals surface area contributed by atoms with E-state index in [2.05, 4.69) is 12.2 Å². The van der Waals surface area contributed by atoms with E-state index in [9.17, 15) is 9.90 Å². The van der Waals surface area contributed by atoms with Crippen LogP contribution < -0.4 is 5.32 Å². The van der Waals surface area contributed by atoms with Crippen molar-refractivity contribution in [2.75, 3.05) is 13.1 Å². The second kappa shape index (κ2) is 8.20. The molecule has 1 fully saturated rings. The molecule has 2 rings (SSSR count). The zero-order valence-corrected chi connectivity index (χ0v) is 14.3. The van der Waals surface area contributed by atoms with Crippen LogP contribution in [-0.2, 0) is 4.74 Å². The lowest BCUT2D eigenvalue weighted by Gasteiger charge is -2.34. The number of rotatable bonds is 5. The maximum absolute atomic E-state index is 11.9. The molecule has 0 aliphatic carbocycles. The molecule has 23 heavy (non-hydrogen) atoms. The molecule has 128 valence electrons. The first kappa shape index (κ1) is 17.6. The van der Waals surface area contributed by atoms with Gasteiger partial charge in [0, 0.05) is 30.7 Å². The van der Waals surface area contributed by atoms with Crippen LogP contribution in [0.15, 0.2) is 24.3 Å². The van der Waals surface area contributed by atoms with Crippen LogP contribution in [0.5, 0.6) is 5.75 Å². The molecule has 0 bridgehead atoms. The number of hydrogen-bond donors (Lipinski definition) is 2. The number of likely N-dealkylation sites (tertiary alicyclic amines) is 1. The predicted octanol–water partition coefficient (Wildman–Crippen LogP) is 3.44. The first-order valence-corrected chi connectivity index (χ1v) is 8.50. The highest BCUT2D eigenvalue weighted by Gasteiger charge is 2.26. The maximum Gasteiger partial charge on any atom is 0.410 e. The number of hydrogen-bond acceptors (Lipinski definition) is 4. The molecule has 1 unspecified atom stereocenters. The third kappa shape index (κ3) is 4.86. The minimum atomic E-state index is -0.216. The molecule has 1 aromatic carbocycles. The number of piperidine rings is 1. The minimum Gasteiger partial charge on any atom is -0.508 e. The van der Waals surface area contributed by atoms with E-state index in [-0.39, 0.29) is 18.2 Å². The lowest BCUT2D eigenvalue weighted by Crippen LogP contribution is -2.46. The fraction of sp³-hybridized carbons (Fsp3) is 0.611. The van der Waals surface area contributed by atoms with E-state index in [1.165, 1.54) is 0 Å². The van der Waals surface area contributed by atoms with Crippen LogP contribution in [0.1, 0.15) is 51.6 Å². The summed E-state index contributed by atoms with van der Waals surface area (Å²) in [5.74, 6) is 0.338. The number of aromatic hydroxyl groups is 1. The molecular weight excluding hydrogens is 292 g/mol. The van der Waals surface area contributed by atoms with E-state index in [4.69, 9.17) is 4.74 Å². The molecule has 0 radical (unpaired) electrons. The van der Waals surface area contributed by atoms with E-state index in [1.807, 2.05) is 32.0 Å². The van der Waals surface area contributed by atoms with Gasteiger partial charge in [-0.3, -0.25) is 0 Å². The Balaban J connectivity index is 1.88. The van der Waals surface area contributed by atoms with Crippen molar-refractivity contribution in [1.29, 1.82) is 0 Å². The molecule has 2 N–H and O–H groups in total. The average Bonchev–Trinajstić information content (AvgIpc) is 2.53. The standard InChI is InChI=1S/C18H28N2O3/c1-4-16(15-7-5-6-8-17(15)21)19-14-9-11-20(12-10-14)18(22)23-13(2)3/h5-8,13-14,16,19,21H,4,9-12H2,1-3H3.